The Morgan fingerprint density at radius 1 is 0.958 bits per heavy atom. The molecule has 1 atom stereocenters. The molecule has 1 aromatic heterocycles. The van der Waals surface area contributed by atoms with Gasteiger partial charge < -0.3 is 0 Å². The molecule has 4 heteroatoms. The number of nitrogens with zero attached hydrogens (tertiary/aromatic N) is 4. The average Bonchev–Trinajstić information content (AvgIpc) is 3.06. The van der Waals surface area contributed by atoms with Gasteiger partial charge in [0.15, 0.2) is 0 Å². The predicted molar refractivity (Wildman–Crippen MR) is 96.1 cm³/mol. The zero-order valence-corrected chi connectivity index (χ0v) is 14.2. The smallest absolute Gasteiger partial charge is 0.222 e. The van der Waals surface area contributed by atoms with E-state index in [2.05, 4.69) is 67.3 Å². The molecule has 1 aliphatic heterocycles. The number of benzene rings is 2. The summed E-state index contributed by atoms with van der Waals surface area (Å²) >= 11 is 0. The lowest BCUT2D eigenvalue weighted by molar-refractivity contribution is 0.531. The van der Waals surface area contributed by atoms with E-state index < -0.39 is 0 Å². The Labute approximate surface area is 141 Å². The van der Waals surface area contributed by atoms with Crippen molar-refractivity contribution in [3.05, 3.63) is 76.6 Å². The van der Waals surface area contributed by atoms with E-state index in [0.717, 1.165) is 12.1 Å². The van der Waals surface area contributed by atoms with Gasteiger partial charge in [-0.2, -0.15) is 10.1 Å². The van der Waals surface area contributed by atoms with Gasteiger partial charge in [0.1, 0.15) is 6.33 Å². The quantitative estimate of drug-likeness (QED) is 0.707. The van der Waals surface area contributed by atoms with Crippen LogP contribution in [0.25, 0.3) is 0 Å². The fourth-order valence-electron chi connectivity index (χ4n) is 3.36. The number of rotatable bonds is 2. The molecule has 1 unspecified atom stereocenters. The van der Waals surface area contributed by atoms with E-state index in [9.17, 15) is 0 Å². The lowest BCUT2D eigenvalue weighted by Gasteiger charge is -2.24. The summed E-state index contributed by atoms with van der Waals surface area (Å²) < 4.78 is 1.93. The molecule has 0 aliphatic carbocycles. The van der Waals surface area contributed by atoms with E-state index in [-0.39, 0.29) is 6.04 Å². The number of aryl methyl sites for hydroxylation is 3. The fourth-order valence-corrected chi connectivity index (χ4v) is 3.36. The normalized spacial score (nSPS) is 16.6. The summed E-state index contributed by atoms with van der Waals surface area (Å²) in [6, 6.07) is 15.1. The number of hydrogen-bond acceptors (Lipinski definition) is 3. The third-order valence-corrected chi connectivity index (χ3v) is 4.81. The number of aliphatic imine (C=N–C) groups is 1. The van der Waals surface area contributed by atoms with Gasteiger partial charge in [-0.25, -0.2) is 9.67 Å². The topological polar surface area (TPSA) is 43.1 Å². The Morgan fingerprint density at radius 3 is 2.50 bits per heavy atom. The van der Waals surface area contributed by atoms with Crippen molar-refractivity contribution in [2.45, 2.75) is 33.2 Å². The molecule has 24 heavy (non-hydrogen) atoms. The fraction of sp³-hybridized carbons (Fsp3) is 0.250. The third-order valence-electron chi connectivity index (χ3n) is 4.81. The first kappa shape index (κ1) is 14.8. The van der Waals surface area contributed by atoms with Crippen LogP contribution in [0.1, 0.15) is 40.3 Å². The average molecular weight is 316 g/mol. The summed E-state index contributed by atoms with van der Waals surface area (Å²) in [5, 5.41) is 4.40. The molecule has 2 heterocycles. The molecule has 0 radical (unpaired) electrons. The molecule has 0 fully saturated rings. The first-order valence-corrected chi connectivity index (χ1v) is 8.23. The molecule has 0 saturated carbocycles. The summed E-state index contributed by atoms with van der Waals surface area (Å²) in [5.41, 5.74) is 7.41. The number of aromatic nitrogens is 3. The number of fused-ring (bicyclic) bond motifs is 1. The van der Waals surface area contributed by atoms with Crippen molar-refractivity contribution < 1.29 is 0 Å². The second-order valence-electron chi connectivity index (χ2n) is 6.45. The van der Waals surface area contributed by atoms with Gasteiger partial charge in [-0.05, 0) is 54.7 Å². The van der Waals surface area contributed by atoms with E-state index in [1.807, 2.05) is 10.7 Å². The SMILES string of the molecule is Cc1cc(C)c(C2=Nc3ncnn3C(c3ccccc3)C2)cc1C. The summed E-state index contributed by atoms with van der Waals surface area (Å²) in [6.45, 7) is 6.46. The molecule has 2 aromatic carbocycles. The molecule has 120 valence electrons. The molecule has 0 spiro atoms. The molecule has 0 amide bonds. The minimum atomic E-state index is 0.136. The highest BCUT2D eigenvalue weighted by atomic mass is 15.4. The Balaban J connectivity index is 1.83. The van der Waals surface area contributed by atoms with Gasteiger partial charge in [-0.15, -0.1) is 0 Å². The van der Waals surface area contributed by atoms with E-state index in [4.69, 9.17) is 4.99 Å². The van der Waals surface area contributed by atoms with Crippen molar-refractivity contribution >= 4 is 11.7 Å². The Kier molecular flexibility index (Phi) is 3.53. The maximum absolute atomic E-state index is 4.79. The van der Waals surface area contributed by atoms with Gasteiger partial charge in [-0.1, -0.05) is 36.4 Å². The summed E-state index contributed by atoms with van der Waals surface area (Å²) in [6.07, 6.45) is 2.41. The zero-order chi connectivity index (χ0) is 16.7. The van der Waals surface area contributed by atoms with Crippen LogP contribution < -0.4 is 0 Å². The van der Waals surface area contributed by atoms with Gasteiger partial charge in [-0.3, -0.25) is 0 Å². The monoisotopic (exact) mass is 316 g/mol. The summed E-state index contributed by atoms with van der Waals surface area (Å²) in [7, 11) is 0. The van der Waals surface area contributed by atoms with Crippen molar-refractivity contribution in [1.82, 2.24) is 14.8 Å². The van der Waals surface area contributed by atoms with Crippen LogP contribution in [-0.4, -0.2) is 20.5 Å². The molecular formula is C20H20N4. The zero-order valence-electron chi connectivity index (χ0n) is 14.2. The lowest BCUT2D eigenvalue weighted by Crippen LogP contribution is -2.21. The van der Waals surface area contributed by atoms with E-state index in [0.29, 0.717) is 5.95 Å². The Hall–Kier alpha value is -2.75. The molecule has 0 bridgehead atoms. The molecule has 3 aromatic rings. The summed E-state index contributed by atoms with van der Waals surface area (Å²) in [5.74, 6) is 0.683. The van der Waals surface area contributed by atoms with Crippen LogP contribution in [0.4, 0.5) is 5.95 Å². The maximum Gasteiger partial charge on any atom is 0.248 e. The largest absolute Gasteiger partial charge is 0.248 e. The van der Waals surface area contributed by atoms with Crippen LogP contribution in [-0.2, 0) is 0 Å². The van der Waals surface area contributed by atoms with Crippen LogP contribution in [0.5, 0.6) is 0 Å². The van der Waals surface area contributed by atoms with Crippen molar-refractivity contribution in [2.75, 3.05) is 0 Å². The molecule has 0 N–H and O–H groups in total. The minimum absolute atomic E-state index is 0.136. The molecule has 1 aliphatic rings. The Morgan fingerprint density at radius 2 is 1.71 bits per heavy atom. The lowest BCUT2D eigenvalue weighted by atomic mass is 9.91. The standard InChI is InChI=1S/C20H20N4/c1-13-9-15(3)17(10-14(13)2)18-11-19(16-7-5-4-6-8-16)24-20(23-18)21-12-22-24/h4-10,12,19H,11H2,1-3H3. The predicted octanol–water partition coefficient (Wildman–Crippen LogP) is 4.32. The van der Waals surface area contributed by atoms with E-state index in [1.165, 1.54) is 27.8 Å². The Bertz CT molecular complexity index is 922. The van der Waals surface area contributed by atoms with Crippen LogP contribution in [0.2, 0.25) is 0 Å². The van der Waals surface area contributed by atoms with Crippen LogP contribution in [0, 0.1) is 20.8 Å². The number of hydrogen-bond donors (Lipinski definition) is 0. The second-order valence-corrected chi connectivity index (χ2v) is 6.45. The van der Waals surface area contributed by atoms with Gasteiger partial charge in [0.25, 0.3) is 0 Å². The first-order valence-electron chi connectivity index (χ1n) is 8.23. The highest BCUT2D eigenvalue weighted by Gasteiger charge is 2.26. The third kappa shape index (κ3) is 2.44. The van der Waals surface area contributed by atoms with Crippen LogP contribution >= 0.6 is 0 Å². The van der Waals surface area contributed by atoms with Crippen molar-refractivity contribution in [3.8, 4) is 0 Å². The summed E-state index contributed by atoms with van der Waals surface area (Å²) in [4.78, 5) is 9.13. The highest BCUT2D eigenvalue weighted by molar-refractivity contribution is 6.04. The van der Waals surface area contributed by atoms with E-state index >= 15 is 0 Å². The molecule has 4 rings (SSSR count). The van der Waals surface area contributed by atoms with Gasteiger partial charge >= 0.3 is 0 Å². The van der Waals surface area contributed by atoms with Crippen molar-refractivity contribution in [3.63, 3.8) is 0 Å². The van der Waals surface area contributed by atoms with Gasteiger partial charge in [0.05, 0.1) is 11.8 Å². The van der Waals surface area contributed by atoms with Crippen LogP contribution in [0.15, 0.2) is 53.8 Å². The molecular weight excluding hydrogens is 296 g/mol. The highest BCUT2D eigenvalue weighted by Crippen LogP contribution is 2.33. The van der Waals surface area contributed by atoms with Gasteiger partial charge in [0.2, 0.25) is 5.95 Å². The minimum Gasteiger partial charge on any atom is -0.222 e. The van der Waals surface area contributed by atoms with Gasteiger partial charge in [0, 0.05) is 6.42 Å². The van der Waals surface area contributed by atoms with Crippen LogP contribution in [0.3, 0.4) is 0 Å². The molecule has 0 saturated heterocycles. The van der Waals surface area contributed by atoms with E-state index in [1.54, 1.807) is 6.33 Å². The second kappa shape index (κ2) is 5.71. The van der Waals surface area contributed by atoms with Crippen molar-refractivity contribution in [2.24, 2.45) is 4.99 Å². The first-order chi connectivity index (χ1) is 11.6. The maximum atomic E-state index is 4.79. The molecule has 4 nitrogen and oxygen atoms in total. The van der Waals surface area contributed by atoms with Crippen molar-refractivity contribution in [1.29, 1.82) is 0 Å².